The highest BCUT2D eigenvalue weighted by atomic mass is 35.5. The van der Waals surface area contributed by atoms with E-state index in [0.717, 1.165) is 0 Å². The second kappa shape index (κ2) is 6.16. The van der Waals surface area contributed by atoms with E-state index in [1.807, 2.05) is 0 Å². The molecular weight excluding hydrogens is 322 g/mol. The molecule has 2 aromatic heterocycles. The van der Waals surface area contributed by atoms with Gasteiger partial charge in [-0.1, -0.05) is 16.8 Å². The number of aromatic carboxylic acids is 1. The van der Waals surface area contributed by atoms with Gasteiger partial charge in [0.2, 0.25) is 10.0 Å². The van der Waals surface area contributed by atoms with Gasteiger partial charge in [0, 0.05) is 12.7 Å². The largest absolute Gasteiger partial charge is 0.476 e. The second-order valence-corrected chi connectivity index (χ2v) is 5.96. The Balaban J connectivity index is 1.99. The number of aromatic nitrogens is 4. The number of carbonyl (C=O) groups is 1. The van der Waals surface area contributed by atoms with E-state index in [1.165, 1.54) is 29.2 Å². The summed E-state index contributed by atoms with van der Waals surface area (Å²) in [7, 11) is -3.79. The van der Waals surface area contributed by atoms with Gasteiger partial charge in [-0.15, -0.1) is 5.10 Å². The summed E-state index contributed by atoms with van der Waals surface area (Å²) in [4.78, 5) is 14.2. The van der Waals surface area contributed by atoms with E-state index in [9.17, 15) is 13.2 Å². The molecular formula is C10H10ClN5O4S. The van der Waals surface area contributed by atoms with Crippen LogP contribution in [0.1, 0.15) is 10.5 Å². The van der Waals surface area contributed by atoms with E-state index < -0.39 is 16.0 Å². The number of hydrogen-bond donors (Lipinski definition) is 2. The topological polar surface area (TPSA) is 127 Å². The zero-order valence-electron chi connectivity index (χ0n) is 10.5. The summed E-state index contributed by atoms with van der Waals surface area (Å²) in [6, 6.07) is 2.78. The van der Waals surface area contributed by atoms with E-state index in [4.69, 9.17) is 16.7 Å². The van der Waals surface area contributed by atoms with Crippen molar-refractivity contribution in [2.75, 3.05) is 6.54 Å². The van der Waals surface area contributed by atoms with Gasteiger partial charge in [-0.25, -0.2) is 22.9 Å². The maximum atomic E-state index is 12.0. The fourth-order valence-electron chi connectivity index (χ4n) is 1.45. The highest BCUT2D eigenvalue weighted by molar-refractivity contribution is 7.89. The molecule has 0 unspecified atom stereocenters. The van der Waals surface area contributed by atoms with Crippen LogP contribution in [0.3, 0.4) is 0 Å². The minimum atomic E-state index is -3.79. The third kappa shape index (κ3) is 3.74. The quantitative estimate of drug-likeness (QED) is 0.713. The first-order valence-electron chi connectivity index (χ1n) is 5.64. The summed E-state index contributed by atoms with van der Waals surface area (Å²) in [5.74, 6) is -1.20. The van der Waals surface area contributed by atoms with Crippen LogP contribution < -0.4 is 4.72 Å². The summed E-state index contributed by atoms with van der Waals surface area (Å²) in [6.07, 6.45) is 2.58. The van der Waals surface area contributed by atoms with Crippen LogP contribution in [0.5, 0.6) is 0 Å². The summed E-state index contributed by atoms with van der Waals surface area (Å²) >= 11 is 5.72. The fourth-order valence-corrected chi connectivity index (χ4v) is 2.92. The van der Waals surface area contributed by atoms with Crippen molar-refractivity contribution in [3.05, 3.63) is 35.4 Å². The molecule has 0 saturated heterocycles. The molecule has 0 saturated carbocycles. The Morgan fingerprint density at radius 3 is 2.86 bits per heavy atom. The third-order valence-corrected chi connectivity index (χ3v) is 4.31. The molecule has 0 aliphatic carbocycles. The molecule has 2 rings (SSSR count). The van der Waals surface area contributed by atoms with Gasteiger partial charge in [-0.05, 0) is 12.1 Å². The number of sulfonamides is 1. The summed E-state index contributed by atoms with van der Waals surface area (Å²) < 4.78 is 27.5. The summed E-state index contributed by atoms with van der Waals surface area (Å²) in [5.41, 5.74) is -0.215. The molecule has 0 aromatic carbocycles. The average Bonchev–Trinajstić information content (AvgIpc) is 2.88. The van der Waals surface area contributed by atoms with Crippen molar-refractivity contribution < 1.29 is 18.3 Å². The van der Waals surface area contributed by atoms with Gasteiger partial charge in [-0.2, -0.15) is 0 Å². The monoisotopic (exact) mass is 331 g/mol. The van der Waals surface area contributed by atoms with Gasteiger partial charge in [0.1, 0.15) is 10.0 Å². The van der Waals surface area contributed by atoms with Crippen molar-refractivity contribution in [3.8, 4) is 0 Å². The number of nitrogens with one attached hydrogen (secondary N) is 1. The molecule has 21 heavy (non-hydrogen) atoms. The van der Waals surface area contributed by atoms with Gasteiger partial charge in [0.25, 0.3) is 0 Å². The Kier molecular flexibility index (Phi) is 4.50. The number of carboxylic acids is 1. The van der Waals surface area contributed by atoms with E-state index in [0.29, 0.717) is 0 Å². The standard InChI is InChI=1S/C10H10ClN5O4S/c11-9-8(2-1-3-12-9)21(19,20)13-4-5-16-6-7(10(17)18)14-15-16/h1-3,6,13H,4-5H2,(H,17,18). The maximum Gasteiger partial charge on any atom is 0.358 e. The first-order valence-corrected chi connectivity index (χ1v) is 7.50. The highest BCUT2D eigenvalue weighted by Crippen LogP contribution is 2.17. The molecule has 2 N–H and O–H groups in total. The van der Waals surface area contributed by atoms with Crippen LogP contribution in [0.4, 0.5) is 0 Å². The minimum absolute atomic E-state index is 0.00399. The highest BCUT2D eigenvalue weighted by Gasteiger charge is 2.17. The number of pyridine rings is 1. The van der Waals surface area contributed by atoms with Crippen LogP contribution in [0.15, 0.2) is 29.4 Å². The van der Waals surface area contributed by atoms with Crippen LogP contribution in [0.25, 0.3) is 0 Å². The van der Waals surface area contributed by atoms with Gasteiger partial charge in [-0.3, -0.25) is 4.68 Å². The first kappa shape index (κ1) is 15.4. The smallest absolute Gasteiger partial charge is 0.358 e. The fraction of sp³-hybridized carbons (Fsp3) is 0.200. The van der Waals surface area contributed by atoms with Gasteiger partial charge in [0.15, 0.2) is 5.69 Å². The molecule has 0 atom stereocenters. The molecule has 0 aliphatic heterocycles. The molecule has 9 nitrogen and oxygen atoms in total. The lowest BCUT2D eigenvalue weighted by atomic mass is 10.5. The molecule has 0 bridgehead atoms. The molecule has 0 radical (unpaired) electrons. The van der Waals surface area contributed by atoms with E-state index >= 15 is 0 Å². The van der Waals surface area contributed by atoms with E-state index in [2.05, 4.69) is 20.0 Å². The van der Waals surface area contributed by atoms with Crippen LogP contribution >= 0.6 is 11.6 Å². The number of nitrogens with zero attached hydrogens (tertiary/aromatic N) is 4. The third-order valence-electron chi connectivity index (χ3n) is 2.41. The molecule has 0 amide bonds. The predicted molar refractivity (Wildman–Crippen MR) is 71.4 cm³/mol. The SMILES string of the molecule is O=C(O)c1cn(CCNS(=O)(=O)c2cccnc2Cl)nn1. The van der Waals surface area contributed by atoms with Crippen LogP contribution in [-0.2, 0) is 16.6 Å². The van der Waals surface area contributed by atoms with Crippen molar-refractivity contribution in [1.82, 2.24) is 24.7 Å². The van der Waals surface area contributed by atoms with Crippen molar-refractivity contribution >= 4 is 27.6 Å². The maximum absolute atomic E-state index is 12.0. The Labute approximate surface area is 124 Å². The molecule has 0 aliphatic rings. The normalized spacial score (nSPS) is 11.5. The van der Waals surface area contributed by atoms with Crippen LogP contribution in [-0.4, -0.2) is 46.0 Å². The molecule has 0 spiro atoms. The van der Waals surface area contributed by atoms with Gasteiger partial charge >= 0.3 is 5.97 Å². The zero-order valence-corrected chi connectivity index (χ0v) is 12.0. The lowest BCUT2D eigenvalue weighted by molar-refractivity contribution is 0.0690. The van der Waals surface area contributed by atoms with Crippen molar-refractivity contribution in [3.63, 3.8) is 0 Å². The molecule has 2 aromatic rings. The Morgan fingerprint density at radius 2 is 2.24 bits per heavy atom. The van der Waals surface area contributed by atoms with Crippen LogP contribution in [0.2, 0.25) is 5.15 Å². The lowest BCUT2D eigenvalue weighted by Crippen LogP contribution is -2.28. The zero-order chi connectivity index (χ0) is 15.5. The molecule has 11 heteroatoms. The number of rotatable bonds is 6. The Hall–Kier alpha value is -2.04. The van der Waals surface area contributed by atoms with Crippen molar-refractivity contribution in [2.45, 2.75) is 11.4 Å². The van der Waals surface area contributed by atoms with Gasteiger partial charge in [0.05, 0.1) is 12.7 Å². The Morgan fingerprint density at radius 1 is 1.48 bits per heavy atom. The van der Waals surface area contributed by atoms with Crippen molar-refractivity contribution in [1.29, 1.82) is 0 Å². The molecule has 112 valence electrons. The van der Waals surface area contributed by atoms with Gasteiger partial charge < -0.3 is 5.11 Å². The number of halogens is 1. The number of carboxylic acid groups (broad SMARTS) is 1. The average molecular weight is 332 g/mol. The summed E-state index contributed by atoms with van der Waals surface area (Å²) in [6.45, 7) is 0.118. The summed E-state index contributed by atoms with van der Waals surface area (Å²) in [5, 5.41) is 15.5. The number of hydrogen-bond acceptors (Lipinski definition) is 6. The lowest BCUT2D eigenvalue weighted by Gasteiger charge is -2.07. The Bertz CT molecular complexity index is 760. The molecule has 2 heterocycles. The van der Waals surface area contributed by atoms with E-state index in [-0.39, 0.29) is 28.8 Å². The first-order chi connectivity index (χ1) is 9.90. The minimum Gasteiger partial charge on any atom is -0.476 e. The van der Waals surface area contributed by atoms with E-state index in [1.54, 1.807) is 0 Å². The van der Waals surface area contributed by atoms with Crippen molar-refractivity contribution in [2.24, 2.45) is 0 Å². The van der Waals surface area contributed by atoms with Crippen LogP contribution in [0, 0.1) is 0 Å². The predicted octanol–water partition coefficient (Wildman–Crippen LogP) is 0.00320. The second-order valence-electron chi connectivity index (χ2n) is 3.86. The molecule has 0 fully saturated rings.